The summed E-state index contributed by atoms with van der Waals surface area (Å²) in [4.78, 5) is 16.4. The Hall–Kier alpha value is -2.74. The average molecular weight is 431 g/mol. The molecule has 1 saturated heterocycles. The molecule has 30 heavy (non-hydrogen) atoms. The van der Waals surface area contributed by atoms with Gasteiger partial charge in [0.2, 0.25) is 15.9 Å². The smallest absolute Gasteiger partial charge is 0.241 e. The Balaban J connectivity index is 1.44. The monoisotopic (exact) mass is 430 g/mol. The lowest BCUT2D eigenvalue weighted by Gasteiger charge is -2.28. The summed E-state index contributed by atoms with van der Waals surface area (Å²) in [6.07, 6.45) is 3.63. The SMILES string of the molecule is CN(CCNC(=O)CS(=O)(=O)Nc1ccc(N2CCCCC2)cc1)c1ccccc1. The van der Waals surface area contributed by atoms with Crippen LogP contribution in [0.5, 0.6) is 0 Å². The van der Waals surface area contributed by atoms with Gasteiger partial charge in [0.05, 0.1) is 0 Å². The number of anilines is 3. The maximum atomic E-state index is 12.3. The molecule has 0 aromatic heterocycles. The third-order valence-electron chi connectivity index (χ3n) is 5.15. The maximum absolute atomic E-state index is 12.3. The molecule has 0 unspecified atom stereocenters. The number of nitrogens with one attached hydrogen (secondary N) is 2. The van der Waals surface area contributed by atoms with Crippen LogP contribution in [-0.4, -0.2) is 53.3 Å². The number of carbonyl (C=O) groups is 1. The van der Waals surface area contributed by atoms with Crippen molar-refractivity contribution in [2.75, 3.05) is 53.5 Å². The van der Waals surface area contributed by atoms with Crippen molar-refractivity contribution in [1.29, 1.82) is 0 Å². The Bertz CT molecular complexity index is 911. The Labute approximate surface area is 179 Å². The van der Waals surface area contributed by atoms with Gasteiger partial charge >= 0.3 is 0 Å². The number of carbonyl (C=O) groups excluding carboxylic acids is 1. The van der Waals surface area contributed by atoms with Crippen molar-refractivity contribution in [2.45, 2.75) is 19.3 Å². The zero-order valence-electron chi connectivity index (χ0n) is 17.4. The van der Waals surface area contributed by atoms with E-state index >= 15 is 0 Å². The predicted molar refractivity (Wildman–Crippen MR) is 123 cm³/mol. The number of amides is 1. The van der Waals surface area contributed by atoms with E-state index in [0.717, 1.165) is 24.5 Å². The first-order valence-electron chi connectivity index (χ1n) is 10.3. The Morgan fingerprint density at radius 1 is 1.00 bits per heavy atom. The molecule has 0 spiro atoms. The molecule has 0 saturated carbocycles. The van der Waals surface area contributed by atoms with Gasteiger partial charge in [-0.05, 0) is 55.7 Å². The third kappa shape index (κ3) is 6.66. The van der Waals surface area contributed by atoms with E-state index in [0.29, 0.717) is 18.8 Å². The van der Waals surface area contributed by atoms with E-state index in [1.807, 2.05) is 54.4 Å². The van der Waals surface area contributed by atoms with Crippen LogP contribution in [0.25, 0.3) is 0 Å². The number of nitrogens with zero attached hydrogens (tertiary/aromatic N) is 2. The van der Waals surface area contributed by atoms with Crippen LogP contribution >= 0.6 is 0 Å². The zero-order valence-corrected chi connectivity index (χ0v) is 18.2. The van der Waals surface area contributed by atoms with E-state index in [1.54, 1.807) is 12.1 Å². The van der Waals surface area contributed by atoms with Crippen molar-refractivity contribution in [2.24, 2.45) is 0 Å². The number of rotatable bonds is 9. The van der Waals surface area contributed by atoms with Crippen molar-refractivity contribution in [3.63, 3.8) is 0 Å². The third-order valence-corrected chi connectivity index (χ3v) is 6.34. The van der Waals surface area contributed by atoms with Crippen LogP contribution in [0.4, 0.5) is 17.1 Å². The van der Waals surface area contributed by atoms with Crippen molar-refractivity contribution < 1.29 is 13.2 Å². The van der Waals surface area contributed by atoms with Gasteiger partial charge in [-0.2, -0.15) is 0 Å². The highest BCUT2D eigenvalue weighted by atomic mass is 32.2. The highest BCUT2D eigenvalue weighted by molar-refractivity contribution is 7.93. The van der Waals surface area contributed by atoms with Gasteiger partial charge in [0.15, 0.2) is 0 Å². The van der Waals surface area contributed by atoms with E-state index in [-0.39, 0.29) is 0 Å². The molecule has 2 aromatic carbocycles. The van der Waals surface area contributed by atoms with Gasteiger partial charge in [0.25, 0.3) is 0 Å². The molecule has 1 heterocycles. The van der Waals surface area contributed by atoms with Gasteiger partial charge in [-0.25, -0.2) is 8.42 Å². The van der Waals surface area contributed by atoms with Crippen molar-refractivity contribution in [3.8, 4) is 0 Å². The topological polar surface area (TPSA) is 81.8 Å². The highest BCUT2D eigenvalue weighted by Gasteiger charge is 2.17. The standard InChI is InChI=1S/C22H30N4O3S/c1-25(20-8-4-2-5-9-20)17-14-23-22(27)18-30(28,29)24-19-10-12-21(13-11-19)26-15-6-3-7-16-26/h2,4-5,8-13,24H,3,6-7,14-18H2,1H3,(H,23,27). The first-order valence-corrected chi connectivity index (χ1v) is 12.0. The summed E-state index contributed by atoms with van der Waals surface area (Å²) >= 11 is 0. The average Bonchev–Trinajstić information content (AvgIpc) is 2.75. The molecule has 1 amide bonds. The lowest BCUT2D eigenvalue weighted by molar-refractivity contribution is -0.118. The fourth-order valence-electron chi connectivity index (χ4n) is 3.51. The Morgan fingerprint density at radius 2 is 1.67 bits per heavy atom. The second-order valence-corrected chi connectivity index (χ2v) is 9.29. The van der Waals surface area contributed by atoms with Gasteiger partial charge in [0.1, 0.15) is 5.75 Å². The number of hydrogen-bond acceptors (Lipinski definition) is 5. The number of hydrogen-bond donors (Lipinski definition) is 2. The highest BCUT2D eigenvalue weighted by Crippen LogP contribution is 2.22. The van der Waals surface area contributed by atoms with Crippen LogP contribution in [0.3, 0.4) is 0 Å². The summed E-state index contributed by atoms with van der Waals surface area (Å²) in [5.74, 6) is -1.12. The van der Waals surface area contributed by atoms with Crippen LogP contribution in [0.1, 0.15) is 19.3 Å². The molecule has 1 aliphatic heterocycles. The maximum Gasteiger partial charge on any atom is 0.241 e. The minimum Gasteiger partial charge on any atom is -0.373 e. The van der Waals surface area contributed by atoms with E-state index in [9.17, 15) is 13.2 Å². The Morgan fingerprint density at radius 3 is 2.33 bits per heavy atom. The second kappa shape index (κ2) is 10.3. The van der Waals surface area contributed by atoms with Gasteiger partial charge in [0, 0.05) is 50.3 Å². The lowest BCUT2D eigenvalue weighted by Crippen LogP contribution is -2.37. The van der Waals surface area contributed by atoms with Gasteiger partial charge in [-0.15, -0.1) is 0 Å². The van der Waals surface area contributed by atoms with Crippen LogP contribution in [0.15, 0.2) is 54.6 Å². The molecule has 0 atom stereocenters. The zero-order chi connectivity index (χ0) is 21.4. The number of likely N-dealkylation sites (N-methyl/N-ethyl adjacent to an activating group) is 1. The molecule has 2 aromatic rings. The molecule has 0 radical (unpaired) electrons. The number of para-hydroxylation sites is 1. The van der Waals surface area contributed by atoms with Crippen molar-refractivity contribution in [3.05, 3.63) is 54.6 Å². The first kappa shape index (κ1) is 22.0. The summed E-state index contributed by atoms with van der Waals surface area (Å²) in [6, 6.07) is 17.1. The summed E-state index contributed by atoms with van der Waals surface area (Å²) in [5.41, 5.74) is 2.60. The molecule has 2 N–H and O–H groups in total. The summed E-state index contributed by atoms with van der Waals surface area (Å²) < 4.78 is 27.1. The fourth-order valence-corrected chi connectivity index (χ4v) is 4.52. The molecule has 1 aliphatic rings. The second-order valence-electron chi connectivity index (χ2n) is 7.56. The van der Waals surface area contributed by atoms with Crippen LogP contribution in [-0.2, 0) is 14.8 Å². The van der Waals surface area contributed by atoms with Crippen LogP contribution in [0.2, 0.25) is 0 Å². The first-order chi connectivity index (χ1) is 14.4. The molecule has 1 fully saturated rings. The molecule has 0 bridgehead atoms. The number of sulfonamides is 1. The van der Waals surface area contributed by atoms with Crippen LogP contribution < -0.4 is 19.8 Å². The number of benzene rings is 2. The minimum absolute atomic E-state index is 0.365. The summed E-state index contributed by atoms with van der Waals surface area (Å²) in [5, 5.41) is 2.67. The van der Waals surface area contributed by atoms with E-state index in [1.165, 1.54) is 19.3 Å². The Kier molecular flexibility index (Phi) is 7.57. The van der Waals surface area contributed by atoms with Crippen molar-refractivity contribution in [1.82, 2.24) is 5.32 Å². The molecular weight excluding hydrogens is 400 g/mol. The molecule has 162 valence electrons. The molecule has 7 nitrogen and oxygen atoms in total. The number of piperidine rings is 1. The predicted octanol–water partition coefficient (Wildman–Crippen LogP) is 2.67. The lowest BCUT2D eigenvalue weighted by atomic mass is 10.1. The fraction of sp³-hybridized carbons (Fsp3) is 0.409. The summed E-state index contributed by atoms with van der Waals surface area (Å²) in [7, 11) is -1.84. The van der Waals surface area contributed by atoms with E-state index < -0.39 is 21.7 Å². The minimum atomic E-state index is -3.76. The normalized spacial score (nSPS) is 14.2. The summed E-state index contributed by atoms with van der Waals surface area (Å²) in [6.45, 7) is 3.01. The van der Waals surface area contributed by atoms with Gasteiger partial charge < -0.3 is 15.1 Å². The molecule has 0 aliphatic carbocycles. The van der Waals surface area contributed by atoms with Crippen LogP contribution in [0, 0.1) is 0 Å². The van der Waals surface area contributed by atoms with Gasteiger partial charge in [-0.1, -0.05) is 18.2 Å². The largest absolute Gasteiger partial charge is 0.373 e. The molecule has 8 heteroatoms. The van der Waals surface area contributed by atoms with Gasteiger partial charge in [-0.3, -0.25) is 9.52 Å². The quantitative estimate of drug-likeness (QED) is 0.639. The van der Waals surface area contributed by atoms with E-state index in [2.05, 4.69) is 14.9 Å². The van der Waals surface area contributed by atoms with Crippen molar-refractivity contribution >= 4 is 33.0 Å². The molecule has 3 rings (SSSR count). The molecular formula is C22H30N4O3S. The van der Waals surface area contributed by atoms with E-state index in [4.69, 9.17) is 0 Å².